The Labute approximate surface area is 115 Å². The van der Waals surface area contributed by atoms with Crippen LogP contribution < -0.4 is 5.32 Å². The first kappa shape index (κ1) is 15.2. The monoisotopic (exact) mass is 274 g/mol. The van der Waals surface area contributed by atoms with Gasteiger partial charge in [0.1, 0.15) is 0 Å². The number of piperidine rings is 1. The highest BCUT2D eigenvalue weighted by molar-refractivity contribution is 4.83. The molecule has 1 saturated carbocycles. The van der Waals surface area contributed by atoms with Crippen LogP contribution in [0.5, 0.6) is 0 Å². The fraction of sp³-hybridized carbons (Fsp3) is 1.00. The van der Waals surface area contributed by atoms with Crippen molar-refractivity contribution in [3.63, 3.8) is 0 Å². The van der Waals surface area contributed by atoms with Crippen molar-refractivity contribution in [2.24, 2.45) is 11.8 Å². The Hall–Kier alpha value is -0.220. The number of nitrogens with one attached hydrogen (secondary N) is 1. The van der Waals surface area contributed by atoms with Crippen molar-refractivity contribution in [3.05, 3.63) is 0 Å². The highest BCUT2D eigenvalue weighted by atomic mass is 19.3. The number of hydrogen-bond acceptors (Lipinski definition) is 2. The van der Waals surface area contributed by atoms with Crippen LogP contribution in [0.25, 0.3) is 0 Å². The number of alkyl halides is 2. The molecule has 1 N–H and O–H groups in total. The molecule has 1 aliphatic carbocycles. The van der Waals surface area contributed by atoms with Crippen LogP contribution in [0.4, 0.5) is 8.78 Å². The zero-order valence-corrected chi connectivity index (χ0v) is 12.1. The molecule has 112 valence electrons. The Morgan fingerprint density at radius 3 is 2.58 bits per heavy atom. The lowest BCUT2D eigenvalue weighted by Gasteiger charge is -2.39. The van der Waals surface area contributed by atoms with Gasteiger partial charge < -0.3 is 10.2 Å². The van der Waals surface area contributed by atoms with Crippen molar-refractivity contribution < 1.29 is 8.78 Å². The molecule has 2 unspecified atom stereocenters. The van der Waals surface area contributed by atoms with Crippen LogP contribution in [-0.4, -0.2) is 43.5 Å². The second-order valence-corrected chi connectivity index (χ2v) is 6.56. The van der Waals surface area contributed by atoms with Crippen molar-refractivity contribution >= 4 is 0 Å². The number of likely N-dealkylation sites (tertiary alicyclic amines) is 1. The van der Waals surface area contributed by atoms with Crippen LogP contribution in [0.2, 0.25) is 0 Å². The van der Waals surface area contributed by atoms with E-state index in [-0.39, 0.29) is 12.6 Å². The predicted octanol–water partition coefficient (Wildman–Crippen LogP) is 3.13. The van der Waals surface area contributed by atoms with Crippen LogP contribution >= 0.6 is 0 Å². The molecule has 2 atom stereocenters. The minimum absolute atomic E-state index is 0.158. The van der Waals surface area contributed by atoms with Crippen molar-refractivity contribution in [2.75, 3.05) is 26.2 Å². The van der Waals surface area contributed by atoms with Crippen molar-refractivity contribution in [1.29, 1.82) is 0 Å². The predicted molar refractivity (Wildman–Crippen MR) is 74.6 cm³/mol. The first-order valence-electron chi connectivity index (χ1n) is 7.87. The molecule has 0 aromatic rings. The summed E-state index contributed by atoms with van der Waals surface area (Å²) in [5.41, 5.74) is 0. The van der Waals surface area contributed by atoms with Gasteiger partial charge in [-0.05, 0) is 31.1 Å². The number of rotatable bonds is 5. The van der Waals surface area contributed by atoms with Gasteiger partial charge in [0.15, 0.2) is 0 Å². The zero-order chi connectivity index (χ0) is 13.7. The second-order valence-electron chi connectivity index (χ2n) is 6.56. The molecule has 2 aliphatic rings. The maximum atomic E-state index is 12.3. The topological polar surface area (TPSA) is 15.3 Å². The van der Waals surface area contributed by atoms with Gasteiger partial charge in [0.05, 0.1) is 6.54 Å². The summed E-state index contributed by atoms with van der Waals surface area (Å²) in [5, 5.41) is 3.03. The smallest absolute Gasteiger partial charge is 0.250 e. The van der Waals surface area contributed by atoms with Crippen molar-refractivity contribution in [1.82, 2.24) is 10.2 Å². The third-order valence-corrected chi connectivity index (χ3v) is 4.54. The number of halogens is 2. The molecule has 0 aromatic heterocycles. The largest absolute Gasteiger partial charge is 0.307 e. The summed E-state index contributed by atoms with van der Waals surface area (Å²) in [6.07, 6.45) is 5.67. The summed E-state index contributed by atoms with van der Waals surface area (Å²) < 4.78 is 24.6. The number of hydrogen-bond donors (Lipinski definition) is 1. The molecule has 2 fully saturated rings. The van der Waals surface area contributed by atoms with E-state index in [1.165, 1.54) is 38.6 Å². The Kier molecular flexibility index (Phi) is 6.02. The molecule has 1 saturated heterocycles. The van der Waals surface area contributed by atoms with Crippen molar-refractivity contribution in [2.45, 2.75) is 57.9 Å². The average molecular weight is 274 g/mol. The summed E-state index contributed by atoms with van der Waals surface area (Å²) in [7, 11) is 0. The minimum atomic E-state index is -2.23. The lowest BCUT2D eigenvalue weighted by atomic mass is 9.87. The van der Waals surface area contributed by atoms with E-state index in [1.54, 1.807) is 0 Å². The third kappa shape index (κ3) is 5.35. The molecule has 0 bridgehead atoms. The first-order valence-corrected chi connectivity index (χ1v) is 7.87. The van der Waals surface area contributed by atoms with Gasteiger partial charge in [0.25, 0.3) is 6.43 Å². The summed E-state index contributed by atoms with van der Waals surface area (Å²) >= 11 is 0. The second kappa shape index (κ2) is 7.53. The fourth-order valence-corrected chi connectivity index (χ4v) is 3.75. The highest BCUT2D eigenvalue weighted by Gasteiger charge is 2.27. The maximum absolute atomic E-state index is 12.3. The average Bonchev–Trinajstić information content (AvgIpc) is 2.37. The van der Waals surface area contributed by atoms with Gasteiger partial charge in [-0.25, -0.2) is 8.78 Å². The lowest BCUT2D eigenvalue weighted by Crippen LogP contribution is -2.50. The van der Waals surface area contributed by atoms with Gasteiger partial charge in [-0.15, -0.1) is 0 Å². The molecule has 2 rings (SSSR count). The van der Waals surface area contributed by atoms with E-state index in [1.807, 2.05) is 0 Å². The van der Waals surface area contributed by atoms with Gasteiger partial charge in [-0.1, -0.05) is 26.2 Å². The maximum Gasteiger partial charge on any atom is 0.250 e. The van der Waals surface area contributed by atoms with Gasteiger partial charge in [-0.3, -0.25) is 0 Å². The molecule has 0 spiro atoms. The van der Waals surface area contributed by atoms with Crippen LogP contribution in [0.15, 0.2) is 0 Å². The lowest BCUT2D eigenvalue weighted by molar-refractivity contribution is 0.0988. The Balaban J connectivity index is 1.76. The van der Waals surface area contributed by atoms with Crippen molar-refractivity contribution in [3.8, 4) is 0 Å². The molecule has 19 heavy (non-hydrogen) atoms. The molecular formula is C15H28F2N2. The summed E-state index contributed by atoms with van der Waals surface area (Å²) in [5.74, 6) is 1.46. The first-order chi connectivity index (χ1) is 9.13. The van der Waals surface area contributed by atoms with Crippen LogP contribution in [0, 0.1) is 11.8 Å². The van der Waals surface area contributed by atoms with E-state index in [0.717, 1.165) is 25.4 Å². The molecule has 0 amide bonds. The number of nitrogens with zero attached hydrogens (tertiary/aromatic N) is 1. The standard InChI is InChI=1S/C15H28F2N2/c1-12-7-14(18-8-15(16)17)11-19(9-12)10-13-5-3-2-4-6-13/h12-15,18H,2-11H2,1H3. The summed E-state index contributed by atoms with van der Waals surface area (Å²) in [4.78, 5) is 2.51. The van der Waals surface area contributed by atoms with Crippen LogP contribution in [0.1, 0.15) is 45.4 Å². The summed E-state index contributed by atoms with van der Waals surface area (Å²) in [6, 6.07) is 0.251. The van der Waals surface area contributed by atoms with E-state index < -0.39 is 6.43 Å². The highest BCUT2D eigenvalue weighted by Crippen LogP contribution is 2.26. The molecule has 1 aliphatic heterocycles. The Morgan fingerprint density at radius 2 is 1.89 bits per heavy atom. The normalized spacial score (nSPS) is 30.9. The molecular weight excluding hydrogens is 246 g/mol. The minimum Gasteiger partial charge on any atom is -0.307 e. The fourth-order valence-electron chi connectivity index (χ4n) is 3.75. The zero-order valence-electron chi connectivity index (χ0n) is 12.1. The summed E-state index contributed by atoms with van der Waals surface area (Å²) in [6.45, 7) is 5.35. The van der Waals surface area contributed by atoms with E-state index in [9.17, 15) is 8.78 Å². The van der Waals surface area contributed by atoms with Crippen LogP contribution in [-0.2, 0) is 0 Å². The van der Waals surface area contributed by atoms with Gasteiger partial charge >= 0.3 is 0 Å². The molecule has 0 aromatic carbocycles. The van der Waals surface area contributed by atoms with Crippen LogP contribution in [0.3, 0.4) is 0 Å². The Bertz CT molecular complexity index is 255. The third-order valence-electron chi connectivity index (χ3n) is 4.54. The SMILES string of the molecule is CC1CC(NCC(F)F)CN(CC2CCCCC2)C1. The van der Waals surface area contributed by atoms with E-state index >= 15 is 0 Å². The Morgan fingerprint density at radius 1 is 1.16 bits per heavy atom. The molecule has 4 heteroatoms. The van der Waals surface area contributed by atoms with E-state index in [4.69, 9.17) is 0 Å². The van der Waals surface area contributed by atoms with Gasteiger partial charge in [-0.2, -0.15) is 0 Å². The molecule has 1 heterocycles. The van der Waals surface area contributed by atoms with E-state index in [2.05, 4.69) is 17.1 Å². The quantitative estimate of drug-likeness (QED) is 0.828. The van der Waals surface area contributed by atoms with Gasteiger partial charge in [0.2, 0.25) is 0 Å². The molecule has 2 nitrogen and oxygen atoms in total. The van der Waals surface area contributed by atoms with Gasteiger partial charge in [0, 0.05) is 25.7 Å². The molecule has 0 radical (unpaired) electrons. The van der Waals surface area contributed by atoms with E-state index in [0.29, 0.717) is 5.92 Å².